The number of aromatic nitrogens is 3. The molecule has 0 saturated carbocycles. The summed E-state index contributed by atoms with van der Waals surface area (Å²) in [6.45, 7) is 6.17. The predicted molar refractivity (Wildman–Crippen MR) is 116 cm³/mol. The van der Waals surface area contributed by atoms with Crippen molar-refractivity contribution in [2.75, 3.05) is 42.9 Å². The molecule has 0 spiro atoms. The molecule has 3 heterocycles. The average molecular weight is 466 g/mol. The number of likely N-dealkylation sites (N-methyl/N-ethyl adjacent to an activating group) is 1. The van der Waals surface area contributed by atoms with Crippen molar-refractivity contribution in [1.29, 1.82) is 0 Å². The number of hydrogen-bond acceptors (Lipinski definition) is 7. The lowest BCUT2D eigenvalue weighted by Gasteiger charge is -2.33. The number of piperazine rings is 1. The van der Waals surface area contributed by atoms with E-state index < -0.39 is 23.2 Å². The highest BCUT2D eigenvalue weighted by Crippen LogP contribution is 2.30. The Bertz CT molecular complexity index is 1180. The molecule has 0 atom stereocenters. The van der Waals surface area contributed by atoms with Crippen molar-refractivity contribution in [2.24, 2.45) is 0 Å². The van der Waals surface area contributed by atoms with Gasteiger partial charge in [-0.15, -0.1) is 0 Å². The number of amides is 1. The van der Waals surface area contributed by atoms with Gasteiger partial charge >= 0.3 is 6.18 Å². The largest absolute Gasteiger partial charge is 0.416 e. The number of rotatable bonds is 5. The van der Waals surface area contributed by atoms with Crippen molar-refractivity contribution in [3.05, 3.63) is 46.5 Å². The van der Waals surface area contributed by atoms with Crippen LogP contribution >= 0.6 is 11.3 Å². The highest BCUT2D eigenvalue weighted by molar-refractivity contribution is 7.22. The van der Waals surface area contributed by atoms with Gasteiger partial charge in [-0.25, -0.2) is 4.98 Å². The van der Waals surface area contributed by atoms with Crippen molar-refractivity contribution < 1.29 is 18.0 Å². The normalized spacial score (nSPS) is 15.3. The Hall–Kier alpha value is -2.99. The molecule has 0 aliphatic carbocycles. The second-order valence-electron chi connectivity index (χ2n) is 7.37. The minimum Gasteiger partial charge on any atom is -0.345 e. The van der Waals surface area contributed by atoms with Gasteiger partial charge in [-0.05, 0) is 24.7 Å². The van der Waals surface area contributed by atoms with E-state index in [1.807, 2.05) is 0 Å². The molecule has 4 rings (SSSR count). The molecular formula is C20H21F3N6O2S. The molecule has 1 N–H and O–H groups in total. The summed E-state index contributed by atoms with van der Waals surface area (Å²) >= 11 is 1.23. The van der Waals surface area contributed by atoms with Crippen LogP contribution in [0.25, 0.3) is 10.3 Å². The Morgan fingerprint density at radius 2 is 1.97 bits per heavy atom. The molecular weight excluding hydrogens is 445 g/mol. The summed E-state index contributed by atoms with van der Waals surface area (Å²) in [6.07, 6.45) is -3.28. The number of fused-ring (bicyclic) bond motifs is 1. The van der Waals surface area contributed by atoms with Crippen molar-refractivity contribution >= 4 is 38.4 Å². The van der Waals surface area contributed by atoms with Crippen LogP contribution in [0.2, 0.25) is 0 Å². The monoisotopic (exact) mass is 466 g/mol. The van der Waals surface area contributed by atoms with Gasteiger partial charge in [0.15, 0.2) is 10.8 Å². The maximum Gasteiger partial charge on any atom is 0.416 e. The molecule has 1 amide bonds. The summed E-state index contributed by atoms with van der Waals surface area (Å²) in [6, 6.07) is 4.32. The molecule has 2 aromatic heterocycles. The number of hydrogen-bond donors (Lipinski definition) is 1. The van der Waals surface area contributed by atoms with Crippen molar-refractivity contribution in [2.45, 2.75) is 19.6 Å². The third-order valence-corrected chi connectivity index (χ3v) is 6.34. The van der Waals surface area contributed by atoms with Crippen LogP contribution in [-0.2, 0) is 17.5 Å². The number of thiazole rings is 1. The smallest absolute Gasteiger partial charge is 0.345 e. The Labute approximate surface area is 185 Å². The van der Waals surface area contributed by atoms with Crippen LogP contribution in [0.3, 0.4) is 0 Å². The number of alkyl halides is 3. The van der Waals surface area contributed by atoms with Crippen molar-refractivity contribution in [3.8, 4) is 0 Å². The van der Waals surface area contributed by atoms with Gasteiger partial charge in [-0.1, -0.05) is 24.3 Å². The van der Waals surface area contributed by atoms with Crippen LogP contribution in [0.1, 0.15) is 12.5 Å². The first kappa shape index (κ1) is 22.2. The third kappa shape index (κ3) is 4.75. The Kier molecular flexibility index (Phi) is 6.15. The SMILES string of the molecule is CCN1CCN(c2nc3ncn(CC(=O)Nc4cccc(C(F)(F)F)c4)c(=O)c3s2)CC1. The number of carbonyl (C=O) groups is 1. The second-order valence-corrected chi connectivity index (χ2v) is 8.35. The van der Waals surface area contributed by atoms with E-state index >= 15 is 0 Å². The zero-order valence-electron chi connectivity index (χ0n) is 17.2. The summed E-state index contributed by atoms with van der Waals surface area (Å²) in [5, 5.41) is 3.11. The summed E-state index contributed by atoms with van der Waals surface area (Å²) < 4.78 is 40.0. The second kappa shape index (κ2) is 8.87. The molecule has 12 heteroatoms. The van der Waals surface area contributed by atoms with Gasteiger partial charge in [0.1, 0.15) is 17.6 Å². The van der Waals surface area contributed by atoms with Crippen LogP contribution < -0.4 is 15.8 Å². The number of nitrogens with one attached hydrogen (secondary N) is 1. The molecule has 170 valence electrons. The maximum atomic E-state index is 12.9. The van der Waals surface area contributed by atoms with Crippen LogP contribution in [0.15, 0.2) is 35.4 Å². The zero-order chi connectivity index (χ0) is 22.9. The number of anilines is 2. The molecule has 1 aliphatic rings. The molecule has 0 bridgehead atoms. The Morgan fingerprint density at radius 1 is 1.22 bits per heavy atom. The van der Waals surface area contributed by atoms with Gasteiger partial charge in [0.05, 0.1) is 5.56 Å². The molecule has 0 unspecified atom stereocenters. The molecule has 32 heavy (non-hydrogen) atoms. The minimum absolute atomic E-state index is 0.00166. The van der Waals surface area contributed by atoms with E-state index in [0.29, 0.717) is 15.5 Å². The van der Waals surface area contributed by atoms with Crippen LogP contribution in [0, 0.1) is 0 Å². The molecule has 1 fully saturated rings. The van der Waals surface area contributed by atoms with Crippen molar-refractivity contribution in [1.82, 2.24) is 19.4 Å². The molecule has 1 aromatic carbocycles. The fourth-order valence-electron chi connectivity index (χ4n) is 3.47. The van der Waals surface area contributed by atoms with Gasteiger partial charge in [-0.3, -0.25) is 14.2 Å². The number of halogens is 3. The quantitative estimate of drug-likeness (QED) is 0.623. The highest BCUT2D eigenvalue weighted by Gasteiger charge is 2.30. The number of nitrogens with zero attached hydrogens (tertiary/aromatic N) is 5. The van der Waals surface area contributed by atoms with Crippen molar-refractivity contribution in [3.63, 3.8) is 0 Å². The first-order valence-corrected chi connectivity index (χ1v) is 10.9. The fraction of sp³-hybridized carbons (Fsp3) is 0.400. The van der Waals surface area contributed by atoms with Gasteiger partial charge in [0.2, 0.25) is 5.91 Å². The lowest BCUT2D eigenvalue weighted by Crippen LogP contribution is -2.46. The number of benzene rings is 1. The van der Waals surface area contributed by atoms with E-state index in [4.69, 9.17) is 0 Å². The van der Waals surface area contributed by atoms with Gasteiger partial charge in [-0.2, -0.15) is 18.2 Å². The fourth-order valence-corrected chi connectivity index (χ4v) is 4.49. The van der Waals surface area contributed by atoms with Gasteiger partial charge < -0.3 is 15.1 Å². The topological polar surface area (TPSA) is 83.4 Å². The average Bonchev–Trinajstić information content (AvgIpc) is 3.20. The van der Waals surface area contributed by atoms with Gasteiger partial charge in [0.25, 0.3) is 5.56 Å². The third-order valence-electron chi connectivity index (χ3n) is 5.25. The predicted octanol–water partition coefficient (Wildman–Crippen LogP) is 2.65. The van der Waals surface area contributed by atoms with E-state index in [9.17, 15) is 22.8 Å². The van der Waals surface area contributed by atoms with E-state index in [-0.39, 0.29) is 12.2 Å². The van der Waals surface area contributed by atoms with E-state index in [1.54, 1.807) is 0 Å². The standard InChI is InChI=1S/C20H21F3N6O2S/c1-2-27-6-8-28(9-7-27)19-26-17-16(32-19)18(31)29(12-24-17)11-15(30)25-14-5-3-4-13(10-14)20(21,22)23/h3-5,10,12H,2,6-9,11H2,1H3,(H,25,30). The van der Waals surface area contributed by atoms with E-state index in [1.165, 1.54) is 29.8 Å². The maximum absolute atomic E-state index is 12.9. The van der Waals surface area contributed by atoms with E-state index in [0.717, 1.165) is 49.4 Å². The Morgan fingerprint density at radius 3 is 2.66 bits per heavy atom. The molecule has 3 aromatic rings. The lowest BCUT2D eigenvalue weighted by molar-refractivity contribution is -0.137. The molecule has 1 saturated heterocycles. The highest BCUT2D eigenvalue weighted by atomic mass is 32.1. The molecule has 1 aliphatic heterocycles. The van der Waals surface area contributed by atoms with Crippen LogP contribution in [0.5, 0.6) is 0 Å². The summed E-state index contributed by atoms with van der Waals surface area (Å²) in [5.74, 6) is -0.631. The first-order valence-electron chi connectivity index (χ1n) is 10.0. The zero-order valence-corrected chi connectivity index (χ0v) is 18.0. The molecule has 0 radical (unpaired) electrons. The minimum atomic E-state index is -4.51. The summed E-state index contributed by atoms with van der Waals surface area (Å²) in [5.41, 5.74) is -0.960. The lowest BCUT2D eigenvalue weighted by atomic mass is 10.2. The van der Waals surface area contributed by atoms with Crippen LogP contribution in [0.4, 0.5) is 24.0 Å². The van der Waals surface area contributed by atoms with E-state index in [2.05, 4.69) is 32.0 Å². The van der Waals surface area contributed by atoms with Gasteiger partial charge in [0, 0.05) is 31.9 Å². The summed E-state index contributed by atoms with van der Waals surface area (Å²) in [7, 11) is 0. The Balaban J connectivity index is 1.48. The first-order chi connectivity index (χ1) is 15.2. The summed E-state index contributed by atoms with van der Waals surface area (Å²) in [4.78, 5) is 38.3. The van der Waals surface area contributed by atoms with Crippen LogP contribution in [-0.4, -0.2) is 58.1 Å². The molecule has 8 nitrogen and oxygen atoms in total. The number of carbonyl (C=O) groups excluding carboxylic acids is 1.